The molecule has 1 amide bonds. The summed E-state index contributed by atoms with van der Waals surface area (Å²) in [4.78, 5) is 24.0. The lowest BCUT2D eigenvalue weighted by atomic mass is 10.2. The summed E-state index contributed by atoms with van der Waals surface area (Å²) >= 11 is 6.23. The van der Waals surface area contributed by atoms with Crippen molar-refractivity contribution < 1.29 is 14.1 Å². The normalized spacial score (nSPS) is 15.5. The zero-order valence-corrected chi connectivity index (χ0v) is 14.6. The molecule has 3 rings (SSSR count). The molecule has 25 heavy (non-hydrogen) atoms. The lowest BCUT2D eigenvalue weighted by molar-refractivity contribution is 0.1000. The van der Waals surface area contributed by atoms with Crippen molar-refractivity contribution >= 4 is 23.3 Å². The first-order valence-corrected chi connectivity index (χ1v) is 8.17. The number of carbonyl (C=O) groups excluding carboxylic acids is 1. The van der Waals surface area contributed by atoms with E-state index in [-0.39, 0.29) is 0 Å². The number of hydrogen-bond donors (Lipinski definition) is 1. The number of pyridine rings is 1. The van der Waals surface area contributed by atoms with Crippen molar-refractivity contribution in [2.75, 3.05) is 38.2 Å². The number of aromatic nitrogens is 3. The molecule has 1 fully saturated rings. The Morgan fingerprint density at radius 1 is 1.40 bits per heavy atom. The Morgan fingerprint density at radius 3 is 2.80 bits per heavy atom. The van der Waals surface area contributed by atoms with Crippen LogP contribution in [0.15, 0.2) is 16.8 Å². The second-order valence-corrected chi connectivity index (χ2v) is 6.10. The molecule has 1 saturated heterocycles. The van der Waals surface area contributed by atoms with Crippen LogP contribution in [0.5, 0.6) is 0 Å². The van der Waals surface area contributed by atoms with Crippen LogP contribution in [0.1, 0.15) is 22.1 Å². The van der Waals surface area contributed by atoms with Gasteiger partial charge in [-0.1, -0.05) is 16.8 Å². The molecule has 2 aromatic heterocycles. The van der Waals surface area contributed by atoms with Crippen molar-refractivity contribution in [2.24, 2.45) is 5.73 Å². The van der Waals surface area contributed by atoms with E-state index in [0.717, 1.165) is 26.2 Å². The summed E-state index contributed by atoms with van der Waals surface area (Å²) in [5.41, 5.74) is 5.54. The smallest absolute Gasteiger partial charge is 0.250 e. The minimum absolute atomic E-state index is 0.302. The minimum atomic E-state index is -0.543. The van der Waals surface area contributed by atoms with Gasteiger partial charge in [0.15, 0.2) is 5.82 Å². The van der Waals surface area contributed by atoms with Gasteiger partial charge in [0, 0.05) is 39.5 Å². The summed E-state index contributed by atoms with van der Waals surface area (Å²) in [6, 6.07) is 1.55. The number of methoxy groups -OCH3 is 1. The molecule has 0 spiro atoms. The first kappa shape index (κ1) is 17.6. The Hall–Kier alpha value is -2.23. The average Bonchev–Trinajstić information content (AvgIpc) is 3.03. The molecule has 0 aromatic carbocycles. The molecule has 0 atom stereocenters. The van der Waals surface area contributed by atoms with Crippen molar-refractivity contribution in [1.82, 2.24) is 20.0 Å². The summed E-state index contributed by atoms with van der Waals surface area (Å²) in [7, 11) is 1.59. The van der Waals surface area contributed by atoms with Gasteiger partial charge in [0.25, 0.3) is 0 Å². The maximum Gasteiger partial charge on any atom is 0.250 e. The van der Waals surface area contributed by atoms with Gasteiger partial charge in [-0.2, -0.15) is 4.98 Å². The Morgan fingerprint density at radius 2 is 2.16 bits per heavy atom. The predicted molar refractivity (Wildman–Crippen MR) is 90.3 cm³/mol. The summed E-state index contributed by atoms with van der Waals surface area (Å²) in [5.74, 6) is 1.23. The van der Waals surface area contributed by atoms with E-state index < -0.39 is 5.91 Å². The number of ether oxygens (including phenoxy) is 1. The first-order chi connectivity index (χ1) is 12.1. The lowest BCUT2D eigenvalue weighted by Gasteiger charge is -2.35. The van der Waals surface area contributed by atoms with E-state index in [4.69, 9.17) is 26.6 Å². The number of rotatable bonds is 6. The lowest BCUT2D eigenvalue weighted by Crippen LogP contribution is -2.46. The third kappa shape index (κ3) is 4.25. The number of carbonyl (C=O) groups is 1. The van der Waals surface area contributed by atoms with Gasteiger partial charge in [-0.15, -0.1) is 0 Å². The molecule has 0 unspecified atom stereocenters. The topological polar surface area (TPSA) is 111 Å². The molecule has 2 N–H and O–H groups in total. The quantitative estimate of drug-likeness (QED) is 0.794. The monoisotopic (exact) mass is 366 g/mol. The van der Waals surface area contributed by atoms with Crippen LogP contribution in [0.4, 0.5) is 5.82 Å². The predicted octanol–water partition coefficient (Wildman–Crippen LogP) is 0.686. The van der Waals surface area contributed by atoms with Crippen molar-refractivity contribution in [2.45, 2.75) is 13.2 Å². The zero-order chi connectivity index (χ0) is 17.8. The number of primary amides is 1. The molecule has 0 saturated carbocycles. The molecule has 1 aliphatic rings. The van der Waals surface area contributed by atoms with Gasteiger partial charge in [-0.25, -0.2) is 4.98 Å². The van der Waals surface area contributed by atoms with Crippen LogP contribution < -0.4 is 10.6 Å². The van der Waals surface area contributed by atoms with E-state index in [1.807, 2.05) is 0 Å². The minimum Gasteiger partial charge on any atom is -0.377 e. The third-order valence-corrected chi connectivity index (χ3v) is 4.20. The molecule has 134 valence electrons. The molecule has 2 aromatic rings. The Kier molecular flexibility index (Phi) is 5.47. The summed E-state index contributed by atoms with van der Waals surface area (Å²) in [5, 5.41) is 4.28. The van der Waals surface area contributed by atoms with Gasteiger partial charge in [-0.3, -0.25) is 9.69 Å². The molecule has 9 nitrogen and oxygen atoms in total. The number of nitrogens with two attached hydrogens (primary N) is 1. The molecule has 0 radical (unpaired) electrons. The highest BCUT2D eigenvalue weighted by atomic mass is 35.5. The molecule has 10 heteroatoms. The van der Waals surface area contributed by atoms with Crippen LogP contribution in [-0.2, 0) is 17.9 Å². The average molecular weight is 367 g/mol. The summed E-state index contributed by atoms with van der Waals surface area (Å²) in [6.45, 7) is 4.04. The van der Waals surface area contributed by atoms with Crippen LogP contribution in [0.3, 0.4) is 0 Å². The zero-order valence-electron chi connectivity index (χ0n) is 13.8. The van der Waals surface area contributed by atoms with Crippen molar-refractivity contribution in [3.05, 3.63) is 34.6 Å². The number of nitrogens with zero attached hydrogens (tertiary/aromatic N) is 5. The largest absolute Gasteiger partial charge is 0.377 e. The number of piperazine rings is 1. The van der Waals surface area contributed by atoms with Gasteiger partial charge in [0.05, 0.1) is 17.1 Å². The summed E-state index contributed by atoms with van der Waals surface area (Å²) < 4.78 is 10.2. The molecular formula is C15H19ClN6O3. The first-order valence-electron chi connectivity index (χ1n) is 7.80. The second kappa shape index (κ2) is 7.77. The van der Waals surface area contributed by atoms with Gasteiger partial charge in [0.1, 0.15) is 12.4 Å². The maximum absolute atomic E-state index is 11.2. The standard InChI is InChI=1S/C15H19ClN6O3/c1-24-9-12-19-13(25-20-12)8-21-2-4-22(5-3-21)15-11(16)6-10(7-18-15)14(17)23/h6-7H,2-5,8-9H2,1H3,(H2,17,23). The molecule has 3 heterocycles. The highest BCUT2D eigenvalue weighted by Gasteiger charge is 2.22. The third-order valence-electron chi connectivity index (χ3n) is 3.92. The van der Waals surface area contributed by atoms with Gasteiger partial charge in [0.2, 0.25) is 11.8 Å². The molecular weight excluding hydrogens is 348 g/mol. The Balaban J connectivity index is 1.57. The van der Waals surface area contributed by atoms with E-state index in [1.54, 1.807) is 13.2 Å². The highest BCUT2D eigenvalue weighted by molar-refractivity contribution is 6.33. The van der Waals surface area contributed by atoms with Crippen LogP contribution >= 0.6 is 11.6 Å². The molecule has 1 aliphatic heterocycles. The van der Waals surface area contributed by atoms with Crippen LogP contribution in [0, 0.1) is 0 Å². The van der Waals surface area contributed by atoms with Gasteiger partial charge < -0.3 is 19.9 Å². The van der Waals surface area contributed by atoms with Crippen molar-refractivity contribution in [3.63, 3.8) is 0 Å². The van der Waals surface area contributed by atoms with Crippen LogP contribution in [0.2, 0.25) is 5.02 Å². The Labute approximate surface area is 149 Å². The van der Waals surface area contributed by atoms with Crippen LogP contribution in [0.25, 0.3) is 0 Å². The van der Waals surface area contributed by atoms with E-state index in [9.17, 15) is 4.79 Å². The van der Waals surface area contributed by atoms with E-state index in [1.165, 1.54) is 6.20 Å². The van der Waals surface area contributed by atoms with Crippen molar-refractivity contribution in [1.29, 1.82) is 0 Å². The van der Waals surface area contributed by atoms with Crippen molar-refractivity contribution in [3.8, 4) is 0 Å². The second-order valence-electron chi connectivity index (χ2n) is 5.69. The number of halogens is 1. The fourth-order valence-electron chi connectivity index (χ4n) is 2.65. The Bertz CT molecular complexity index is 745. The number of anilines is 1. The molecule has 0 aliphatic carbocycles. The highest BCUT2D eigenvalue weighted by Crippen LogP contribution is 2.25. The van der Waals surface area contributed by atoms with E-state index in [0.29, 0.717) is 41.3 Å². The fourth-order valence-corrected chi connectivity index (χ4v) is 2.94. The summed E-state index contributed by atoms with van der Waals surface area (Å²) in [6.07, 6.45) is 1.45. The van der Waals surface area contributed by atoms with E-state index in [2.05, 4.69) is 24.9 Å². The molecule has 0 bridgehead atoms. The number of amides is 1. The van der Waals surface area contributed by atoms with Gasteiger partial charge >= 0.3 is 0 Å². The van der Waals surface area contributed by atoms with Gasteiger partial charge in [-0.05, 0) is 6.07 Å². The van der Waals surface area contributed by atoms with Crippen LogP contribution in [-0.4, -0.2) is 59.2 Å². The fraction of sp³-hybridized carbons (Fsp3) is 0.467. The van der Waals surface area contributed by atoms with E-state index >= 15 is 0 Å². The maximum atomic E-state index is 11.2. The SMILES string of the molecule is COCc1noc(CN2CCN(c3ncc(C(N)=O)cc3Cl)CC2)n1. The number of hydrogen-bond acceptors (Lipinski definition) is 8.